The van der Waals surface area contributed by atoms with Gasteiger partial charge in [0, 0.05) is 6.61 Å². The molecule has 1 fully saturated rings. The molecule has 5 heteroatoms. The van der Waals surface area contributed by atoms with Gasteiger partial charge < -0.3 is 14.6 Å². The first-order valence-corrected chi connectivity index (χ1v) is 4.91. The third-order valence-electron chi connectivity index (χ3n) is 2.42. The number of carbonyl (C=O) groups is 2. The molecule has 1 aliphatic rings. The highest BCUT2D eigenvalue weighted by Gasteiger charge is 2.31. The summed E-state index contributed by atoms with van der Waals surface area (Å²) in [6.45, 7) is 3.90. The molecule has 0 saturated carbocycles. The van der Waals surface area contributed by atoms with Crippen LogP contribution in [0.25, 0.3) is 0 Å². The minimum atomic E-state index is -1.03. The van der Waals surface area contributed by atoms with Gasteiger partial charge in [0.1, 0.15) is 6.61 Å². The maximum atomic E-state index is 11.4. The number of carboxylic acids is 1. The van der Waals surface area contributed by atoms with E-state index in [1.54, 1.807) is 0 Å². The molecule has 0 radical (unpaired) electrons. The predicted octanol–water partition coefficient (Wildman–Crippen LogP) is 0.677. The number of esters is 1. The number of carboxylic acid groups (broad SMARTS) is 1. The van der Waals surface area contributed by atoms with E-state index in [1.807, 2.05) is 0 Å². The third-order valence-corrected chi connectivity index (χ3v) is 2.42. The van der Waals surface area contributed by atoms with Crippen molar-refractivity contribution in [1.29, 1.82) is 0 Å². The maximum absolute atomic E-state index is 11.4. The monoisotopic (exact) mass is 216 g/mol. The molecular formula is C10H16O5. The lowest BCUT2D eigenvalue weighted by Crippen LogP contribution is -2.32. The Morgan fingerprint density at radius 2 is 2.20 bits per heavy atom. The van der Waals surface area contributed by atoms with Crippen LogP contribution in [0.5, 0.6) is 0 Å². The molecule has 0 bridgehead atoms. The largest absolute Gasteiger partial charge is 0.481 e. The fraction of sp³-hybridized carbons (Fsp3) is 0.800. The summed E-state index contributed by atoms with van der Waals surface area (Å²) in [6.07, 6.45) is 0.659. The molecule has 1 saturated heterocycles. The fourth-order valence-corrected chi connectivity index (χ4v) is 1.15. The van der Waals surface area contributed by atoms with Crippen molar-refractivity contribution in [2.24, 2.45) is 11.3 Å². The lowest BCUT2D eigenvalue weighted by Gasteiger charge is -2.19. The summed E-state index contributed by atoms with van der Waals surface area (Å²) >= 11 is 0. The van der Waals surface area contributed by atoms with E-state index in [4.69, 9.17) is 14.6 Å². The van der Waals surface area contributed by atoms with Crippen LogP contribution in [-0.2, 0) is 19.1 Å². The van der Waals surface area contributed by atoms with Crippen molar-refractivity contribution < 1.29 is 24.2 Å². The normalized spacial score (nSPS) is 21.3. The van der Waals surface area contributed by atoms with Gasteiger partial charge in [0.05, 0.1) is 17.9 Å². The summed E-state index contributed by atoms with van der Waals surface area (Å²) < 4.78 is 9.99. The van der Waals surface area contributed by atoms with E-state index in [0.717, 1.165) is 0 Å². The molecule has 1 atom stereocenters. The zero-order valence-corrected chi connectivity index (χ0v) is 8.99. The second kappa shape index (κ2) is 4.61. The topological polar surface area (TPSA) is 72.8 Å². The van der Waals surface area contributed by atoms with Gasteiger partial charge >= 0.3 is 11.9 Å². The molecule has 0 aromatic carbocycles. The van der Waals surface area contributed by atoms with Crippen LogP contribution >= 0.6 is 0 Å². The van der Waals surface area contributed by atoms with Crippen LogP contribution in [0.1, 0.15) is 20.3 Å². The Kier molecular flexibility index (Phi) is 3.68. The van der Waals surface area contributed by atoms with Gasteiger partial charge in [-0.25, -0.2) is 0 Å². The van der Waals surface area contributed by atoms with Crippen LogP contribution in [0.15, 0.2) is 0 Å². The Bertz CT molecular complexity index is 253. The van der Waals surface area contributed by atoms with Gasteiger partial charge in [-0.2, -0.15) is 0 Å². The number of aliphatic carboxylic acids is 1. The maximum Gasteiger partial charge on any atom is 0.312 e. The van der Waals surface area contributed by atoms with Crippen LogP contribution in [0.3, 0.4) is 0 Å². The average Bonchev–Trinajstić information content (AvgIpc) is 2.66. The van der Waals surface area contributed by atoms with Gasteiger partial charge in [-0.3, -0.25) is 9.59 Å². The average molecular weight is 216 g/mol. The van der Waals surface area contributed by atoms with Gasteiger partial charge in [-0.05, 0) is 20.3 Å². The highest BCUT2D eigenvalue weighted by molar-refractivity contribution is 5.76. The Labute approximate surface area is 88.4 Å². The summed E-state index contributed by atoms with van der Waals surface area (Å²) in [5.74, 6) is -1.56. The Hall–Kier alpha value is -1.10. The van der Waals surface area contributed by atoms with Crippen molar-refractivity contribution in [2.45, 2.75) is 20.3 Å². The second-order valence-electron chi connectivity index (χ2n) is 4.36. The summed E-state index contributed by atoms with van der Waals surface area (Å²) in [5, 5.41) is 8.80. The van der Waals surface area contributed by atoms with Gasteiger partial charge in [0.2, 0.25) is 0 Å². The number of rotatable bonds is 4. The fourth-order valence-electron chi connectivity index (χ4n) is 1.15. The summed E-state index contributed by atoms with van der Waals surface area (Å²) in [6, 6.07) is 0. The Morgan fingerprint density at radius 3 is 2.67 bits per heavy atom. The van der Waals surface area contributed by atoms with E-state index < -0.39 is 11.4 Å². The minimum absolute atomic E-state index is 0.0995. The smallest absolute Gasteiger partial charge is 0.312 e. The van der Waals surface area contributed by atoms with Crippen molar-refractivity contribution >= 4 is 11.9 Å². The lowest BCUT2D eigenvalue weighted by molar-refractivity contribution is -0.159. The summed E-state index contributed by atoms with van der Waals surface area (Å²) in [4.78, 5) is 22.2. The number of ether oxygens (including phenoxy) is 2. The standard InChI is InChI=1S/C10H16O5/c1-10(2,9(12)13)6-15-8(11)7-3-4-14-5-7/h7H,3-6H2,1-2H3,(H,12,13). The highest BCUT2D eigenvalue weighted by Crippen LogP contribution is 2.19. The first kappa shape index (κ1) is 12.0. The Morgan fingerprint density at radius 1 is 1.53 bits per heavy atom. The van der Waals surface area contributed by atoms with Crippen molar-refractivity contribution in [1.82, 2.24) is 0 Å². The summed E-state index contributed by atoms with van der Waals surface area (Å²) in [5.41, 5.74) is -1.03. The zero-order chi connectivity index (χ0) is 11.5. The van der Waals surface area contributed by atoms with E-state index in [-0.39, 0.29) is 18.5 Å². The van der Waals surface area contributed by atoms with Crippen LogP contribution in [0.4, 0.5) is 0 Å². The minimum Gasteiger partial charge on any atom is -0.481 e. The van der Waals surface area contributed by atoms with Crippen LogP contribution in [0.2, 0.25) is 0 Å². The van der Waals surface area contributed by atoms with E-state index in [1.165, 1.54) is 13.8 Å². The van der Waals surface area contributed by atoms with Crippen LogP contribution in [-0.4, -0.2) is 36.9 Å². The van der Waals surface area contributed by atoms with E-state index in [2.05, 4.69) is 0 Å². The highest BCUT2D eigenvalue weighted by atomic mass is 16.5. The quantitative estimate of drug-likeness (QED) is 0.699. The van der Waals surface area contributed by atoms with Crippen LogP contribution in [0, 0.1) is 11.3 Å². The molecule has 1 rings (SSSR count). The first-order valence-electron chi connectivity index (χ1n) is 4.91. The van der Waals surface area contributed by atoms with Gasteiger partial charge in [0.15, 0.2) is 0 Å². The molecule has 0 aliphatic carbocycles. The first-order chi connectivity index (χ1) is 6.93. The Balaban J connectivity index is 2.36. The van der Waals surface area contributed by atoms with Gasteiger partial charge in [-0.15, -0.1) is 0 Å². The molecule has 5 nitrogen and oxygen atoms in total. The molecule has 86 valence electrons. The van der Waals surface area contributed by atoms with E-state index in [9.17, 15) is 9.59 Å². The summed E-state index contributed by atoms with van der Waals surface area (Å²) in [7, 11) is 0. The van der Waals surface area contributed by atoms with Crippen molar-refractivity contribution in [3.8, 4) is 0 Å². The SMILES string of the molecule is CC(C)(COC(=O)C1CCOC1)C(=O)O. The molecule has 1 aliphatic heterocycles. The van der Waals surface area contributed by atoms with Crippen molar-refractivity contribution in [2.75, 3.05) is 19.8 Å². The van der Waals surface area contributed by atoms with Gasteiger partial charge in [-0.1, -0.05) is 0 Å². The van der Waals surface area contributed by atoms with Crippen molar-refractivity contribution in [3.05, 3.63) is 0 Å². The van der Waals surface area contributed by atoms with E-state index >= 15 is 0 Å². The molecule has 1 N–H and O–H groups in total. The molecule has 0 amide bonds. The number of hydrogen-bond donors (Lipinski definition) is 1. The number of carbonyl (C=O) groups excluding carboxylic acids is 1. The molecule has 15 heavy (non-hydrogen) atoms. The van der Waals surface area contributed by atoms with Crippen LogP contribution < -0.4 is 0 Å². The zero-order valence-electron chi connectivity index (χ0n) is 8.99. The second-order valence-corrected chi connectivity index (χ2v) is 4.36. The molecule has 1 unspecified atom stereocenters. The molecule has 0 aromatic heterocycles. The molecule has 0 aromatic rings. The predicted molar refractivity (Wildman–Crippen MR) is 51.3 cm³/mol. The van der Waals surface area contributed by atoms with Crippen molar-refractivity contribution in [3.63, 3.8) is 0 Å². The van der Waals surface area contributed by atoms with E-state index in [0.29, 0.717) is 19.6 Å². The third kappa shape index (κ3) is 3.20. The lowest BCUT2D eigenvalue weighted by atomic mass is 9.95. The molecular weight excluding hydrogens is 200 g/mol. The van der Waals surface area contributed by atoms with Gasteiger partial charge in [0.25, 0.3) is 0 Å². The molecule has 1 heterocycles. The number of hydrogen-bond acceptors (Lipinski definition) is 4. The molecule has 0 spiro atoms.